The van der Waals surface area contributed by atoms with Crippen molar-refractivity contribution < 1.29 is 5.11 Å². The molecule has 104 valence electrons. The fraction of sp³-hybridized carbons (Fsp3) is 0.538. The van der Waals surface area contributed by atoms with Gasteiger partial charge in [-0.1, -0.05) is 13.8 Å². The number of aliphatic hydroxyl groups is 1. The minimum absolute atomic E-state index is 0.101. The van der Waals surface area contributed by atoms with Crippen molar-refractivity contribution in [3.63, 3.8) is 0 Å². The van der Waals surface area contributed by atoms with E-state index in [1.165, 1.54) is 0 Å². The number of halogens is 1. The molecule has 0 aromatic carbocycles. The van der Waals surface area contributed by atoms with E-state index >= 15 is 0 Å². The van der Waals surface area contributed by atoms with E-state index in [9.17, 15) is 5.11 Å². The Bertz CT molecular complexity index is 542. The Labute approximate surface area is 122 Å². The number of thiophene rings is 1. The van der Waals surface area contributed by atoms with Crippen molar-refractivity contribution in [3.05, 3.63) is 16.7 Å². The number of hydrogen-bond donors (Lipinski definition) is 1. The maximum atomic E-state index is 9.31. The third-order valence-electron chi connectivity index (χ3n) is 3.27. The molecule has 2 rings (SSSR count). The first-order chi connectivity index (χ1) is 9.21. The molecule has 0 saturated carbocycles. The maximum Gasteiger partial charge on any atom is 0.225 e. The lowest BCUT2D eigenvalue weighted by Crippen LogP contribution is -2.37. The second-order valence-electron chi connectivity index (χ2n) is 4.34. The minimum Gasteiger partial charge on any atom is -0.395 e. The van der Waals surface area contributed by atoms with Crippen LogP contribution in [0.4, 0.5) is 5.82 Å². The van der Waals surface area contributed by atoms with Crippen molar-refractivity contribution in [2.75, 3.05) is 18.1 Å². The molecule has 0 unspecified atom stereocenters. The van der Waals surface area contributed by atoms with Gasteiger partial charge in [0, 0.05) is 12.6 Å². The van der Waals surface area contributed by atoms with Crippen LogP contribution in [0.25, 0.3) is 10.2 Å². The fourth-order valence-electron chi connectivity index (χ4n) is 2.33. The number of aromatic nitrogens is 2. The van der Waals surface area contributed by atoms with E-state index in [1.807, 2.05) is 11.4 Å². The summed E-state index contributed by atoms with van der Waals surface area (Å²) in [7, 11) is 0. The van der Waals surface area contributed by atoms with E-state index in [1.54, 1.807) is 11.3 Å². The van der Waals surface area contributed by atoms with Crippen LogP contribution in [0.1, 0.15) is 26.7 Å². The van der Waals surface area contributed by atoms with Crippen molar-refractivity contribution in [2.24, 2.45) is 0 Å². The predicted molar refractivity (Wildman–Crippen MR) is 81.2 cm³/mol. The molecule has 6 heteroatoms. The molecule has 1 N–H and O–H groups in total. The quantitative estimate of drug-likeness (QED) is 0.831. The smallest absolute Gasteiger partial charge is 0.225 e. The van der Waals surface area contributed by atoms with Crippen molar-refractivity contribution in [2.45, 2.75) is 32.7 Å². The van der Waals surface area contributed by atoms with Gasteiger partial charge in [-0.05, 0) is 35.9 Å². The van der Waals surface area contributed by atoms with Crippen LogP contribution in [0.5, 0.6) is 0 Å². The first kappa shape index (κ1) is 14.5. The zero-order valence-electron chi connectivity index (χ0n) is 11.1. The number of nitrogens with zero attached hydrogens (tertiary/aromatic N) is 3. The van der Waals surface area contributed by atoms with Crippen LogP contribution in [0.3, 0.4) is 0 Å². The minimum atomic E-state index is 0.101. The van der Waals surface area contributed by atoms with E-state index < -0.39 is 0 Å². The number of fused-ring (bicyclic) bond motifs is 1. The Morgan fingerprint density at radius 1 is 1.37 bits per heavy atom. The summed E-state index contributed by atoms with van der Waals surface area (Å²) in [5, 5.41) is 12.6. The summed E-state index contributed by atoms with van der Waals surface area (Å²) in [5.41, 5.74) is 0. The first-order valence-corrected chi connectivity index (χ1v) is 7.75. The molecule has 0 radical (unpaired) electrons. The van der Waals surface area contributed by atoms with Gasteiger partial charge in [0.2, 0.25) is 5.28 Å². The molecule has 0 spiro atoms. The van der Waals surface area contributed by atoms with Crippen LogP contribution < -0.4 is 4.90 Å². The molecule has 0 bridgehead atoms. The Morgan fingerprint density at radius 3 is 2.74 bits per heavy atom. The van der Waals surface area contributed by atoms with Crippen molar-refractivity contribution in [3.8, 4) is 0 Å². The molecule has 4 nitrogen and oxygen atoms in total. The SMILES string of the molecule is CCC(CC)N(CCO)c1nc(Cl)nc2sccc12. The summed E-state index contributed by atoms with van der Waals surface area (Å²) in [5.74, 6) is 0.832. The van der Waals surface area contributed by atoms with Crippen LogP contribution in [0.2, 0.25) is 5.28 Å². The third-order valence-corrected chi connectivity index (χ3v) is 4.25. The molecule has 2 aromatic rings. The lowest BCUT2D eigenvalue weighted by molar-refractivity contribution is 0.295. The normalized spacial score (nSPS) is 11.4. The maximum absolute atomic E-state index is 9.31. The summed E-state index contributed by atoms with van der Waals surface area (Å²) in [6.07, 6.45) is 2.01. The number of aliphatic hydroxyl groups excluding tert-OH is 1. The highest BCUT2D eigenvalue weighted by Gasteiger charge is 2.20. The average Bonchev–Trinajstić information content (AvgIpc) is 2.86. The van der Waals surface area contributed by atoms with Crippen molar-refractivity contribution in [1.29, 1.82) is 0 Å². The molecule has 0 aliphatic heterocycles. The number of rotatable bonds is 6. The lowest BCUT2D eigenvalue weighted by Gasteiger charge is -2.31. The highest BCUT2D eigenvalue weighted by atomic mass is 35.5. The van der Waals surface area contributed by atoms with Crippen LogP contribution in [0.15, 0.2) is 11.4 Å². The average molecular weight is 300 g/mol. The molecule has 0 saturated heterocycles. The van der Waals surface area contributed by atoms with Gasteiger partial charge in [0.05, 0.1) is 12.0 Å². The monoisotopic (exact) mass is 299 g/mol. The summed E-state index contributed by atoms with van der Waals surface area (Å²) in [6, 6.07) is 2.36. The Kier molecular flexibility index (Phi) is 4.96. The predicted octanol–water partition coefficient (Wildman–Crippen LogP) is 3.33. The summed E-state index contributed by atoms with van der Waals surface area (Å²) in [4.78, 5) is 11.7. The van der Waals surface area contributed by atoms with Crippen molar-refractivity contribution in [1.82, 2.24) is 9.97 Å². The molecule has 0 fully saturated rings. The summed E-state index contributed by atoms with van der Waals surface area (Å²) in [6.45, 7) is 4.95. The van der Waals surface area contributed by atoms with Crippen LogP contribution in [-0.2, 0) is 0 Å². The molecular weight excluding hydrogens is 282 g/mol. The topological polar surface area (TPSA) is 49.2 Å². The summed E-state index contributed by atoms with van der Waals surface area (Å²) < 4.78 is 0. The molecule has 0 atom stereocenters. The largest absolute Gasteiger partial charge is 0.395 e. The lowest BCUT2D eigenvalue weighted by atomic mass is 10.1. The van der Waals surface area contributed by atoms with Gasteiger partial charge in [-0.15, -0.1) is 11.3 Å². The van der Waals surface area contributed by atoms with Gasteiger partial charge in [0.25, 0.3) is 0 Å². The summed E-state index contributed by atoms with van der Waals surface area (Å²) >= 11 is 7.56. The molecular formula is C13H18ClN3OS. The Morgan fingerprint density at radius 2 is 2.11 bits per heavy atom. The molecule has 2 aromatic heterocycles. The number of anilines is 1. The Balaban J connectivity index is 2.51. The molecule has 0 amide bonds. The highest BCUT2D eigenvalue weighted by Crippen LogP contribution is 2.31. The van der Waals surface area contributed by atoms with Gasteiger partial charge in [-0.25, -0.2) is 4.98 Å². The highest BCUT2D eigenvalue weighted by molar-refractivity contribution is 7.16. The molecule has 0 aliphatic rings. The van der Waals surface area contributed by atoms with E-state index in [4.69, 9.17) is 11.6 Å². The zero-order valence-corrected chi connectivity index (χ0v) is 12.7. The van der Waals surface area contributed by atoms with Crippen LogP contribution in [0, 0.1) is 0 Å². The standard InChI is InChI=1S/C13H18ClN3OS/c1-3-9(4-2)17(6-7-18)11-10-5-8-19-12(10)16-13(14)15-11/h5,8-9,18H,3-4,6-7H2,1-2H3. The van der Waals surface area contributed by atoms with Gasteiger partial charge < -0.3 is 10.0 Å². The first-order valence-electron chi connectivity index (χ1n) is 6.49. The fourth-order valence-corrected chi connectivity index (χ4v) is 3.31. The van der Waals surface area contributed by atoms with Crippen molar-refractivity contribution >= 4 is 39.0 Å². The zero-order chi connectivity index (χ0) is 13.8. The van der Waals surface area contributed by atoms with E-state index in [0.29, 0.717) is 12.6 Å². The van der Waals surface area contributed by atoms with Crippen LogP contribution >= 0.6 is 22.9 Å². The number of hydrogen-bond acceptors (Lipinski definition) is 5. The third kappa shape index (κ3) is 2.99. The van der Waals surface area contributed by atoms with Gasteiger partial charge in [0.1, 0.15) is 10.6 Å². The second kappa shape index (κ2) is 6.50. The van der Waals surface area contributed by atoms with Crippen LogP contribution in [-0.4, -0.2) is 34.3 Å². The van der Waals surface area contributed by atoms with Gasteiger partial charge in [-0.2, -0.15) is 4.98 Å². The molecule has 2 heterocycles. The van der Waals surface area contributed by atoms with E-state index in [0.717, 1.165) is 28.9 Å². The van der Waals surface area contributed by atoms with Gasteiger partial charge in [0.15, 0.2) is 0 Å². The van der Waals surface area contributed by atoms with Gasteiger partial charge in [-0.3, -0.25) is 0 Å². The Hall–Kier alpha value is -0.910. The van der Waals surface area contributed by atoms with Gasteiger partial charge >= 0.3 is 0 Å². The molecule has 19 heavy (non-hydrogen) atoms. The second-order valence-corrected chi connectivity index (χ2v) is 5.58. The molecule has 0 aliphatic carbocycles. The van der Waals surface area contributed by atoms with E-state index in [2.05, 4.69) is 28.7 Å². The van der Waals surface area contributed by atoms with E-state index in [-0.39, 0.29) is 11.9 Å².